The maximum absolute atomic E-state index is 12.9. The second-order valence-corrected chi connectivity index (χ2v) is 7.70. The van der Waals surface area contributed by atoms with Crippen LogP contribution in [0.2, 0.25) is 0 Å². The summed E-state index contributed by atoms with van der Waals surface area (Å²) in [6.45, 7) is 2.85. The van der Waals surface area contributed by atoms with Crippen LogP contribution in [0, 0.1) is 11.8 Å². The van der Waals surface area contributed by atoms with Crippen LogP contribution in [-0.2, 0) is 15.8 Å². The molecule has 0 unspecified atom stereocenters. The minimum Gasteiger partial charge on any atom is -0.360 e. The van der Waals surface area contributed by atoms with Gasteiger partial charge >= 0.3 is 6.18 Å². The summed E-state index contributed by atoms with van der Waals surface area (Å²) in [4.78, 5) is 29.6. The first-order valence-electron chi connectivity index (χ1n) is 9.60. The molecule has 0 bridgehead atoms. The van der Waals surface area contributed by atoms with E-state index in [0.717, 1.165) is 11.0 Å². The number of fused-ring (bicyclic) bond motifs is 1. The summed E-state index contributed by atoms with van der Waals surface area (Å²) < 4.78 is 38.8. The van der Waals surface area contributed by atoms with Gasteiger partial charge in [-0.05, 0) is 31.0 Å². The molecule has 1 N–H and O–H groups in total. The molecule has 2 fully saturated rings. The Morgan fingerprint density at radius 1 is 1.00 bits per heavy atom. The summed E-state index contributed by atoms with van der Waals surface area (Å²) in [5.74, 6) is -0.592. The van der Waals surface area contributed by atoms with E-state index in [2.05, 4.69) is 0 Å². The van der Waals surface area contributed by atoms with Crippen LogP contribution in [0.4, 0.5) is 18.9 Å². The first kappa shape index (κ1) is 19.0. The fourth-order valence-electron chi connectivity index (χ4n) is 4.37. The smallest absolute Gasteiger partial charge is 0.360 e. The van der Waals surface area contributed by atoms with Crippen LogP contribution in [0.1, 0.15) is 18.4 Å². The van der Waals surface area contributed by atoms with Crippen LogP contribution in [0.3, 0.4) is 0 Å². The standard InChI is InChI=1S/C20H22F3N3O2/c21-20(22,23)14-4-3-5-15(12-14)25-10-8-24(9-11-25)13-26-18(27)16-6-1-2-7-17(16)19(26)28/h1-5,12,16-17H,6-11,13H2/p+1/t16-,17+. The molecular formula is C20H23F3N3O2+. The number of alkyl halides is 3. The topological polar surface area (TPSA) is 45.1 Å². The number of hydrogen-bond acceptors (Lipinski definition) is 3. The SMILES string of the molecule is O=C1[C@H]2CC=CC[C@H]2C(=O)N1C[NH+]1CCN(c2cccc(C(F)(F)F)c2)CC1. The zero-order valence-corrected chi connectivity index (χ0v) is 15.4. The molecule has 150 valence electrons. The molecule has 1 aromatic rings. The molecule has 2 aliphatic heterocycles. The van der Waals surface area contributed by atoms with E-state index in [1.54, 1.807) is 6.07 Å². The van der Waals surface area contributed by atoms with Crippen LogP contribution in [0.5, 0.6) is 0 Å². The Hall–Kier alpha value is -2.35. The van der Waals surface area contributed by atoms with E-state index in [1.807, 2.05) is 17.1 Å². The number of halogens is 3. The first-order chi connectivity index (χ1) is 13.3. The van der Waals surface area contributed by atoms with Crippen molar-refractivity contribution in [2.45, 2.75) is 19.0 Å². The number of amides is 2. The number of piperazine rings is 1. The van der Waals surface area contributed by atoms with Crippen molar-refractivity contribution in [2.75, 3.05) is 37.7 Å². The number of benzene rings is 1. The molecule has 2 heterocycles. The second-order valence-electron chi connectivity index (χ2n) is 7.70. The van der Waals surface area contributed by atoms with E-state index in [-0.39, 0.29) is 23.7 Å². The van der Waals surface area contributed by atoms with Gasteiger partial charge in [-0.3, -0.25) is 9.59 Å². The highest BCUT2D eigenvalue weighted by Gasteiger charge is 2.48. The molecule has 2 saturated heterocycles. The molecule has 2 amide bonds. The molecular weight excluding hydrogens is 371 g/mol. The number of imide groups is 1. The predicted molar refractivity (Wildman–Crippen MR) is 96.4 cm³/mol. The lowest BCUT2D eigenvalue weighted by molar-refractivity contribution is -0.908. The Kier molecular flexibility index (Phi) is 4.91. The number of hydrogen-bond donors (Lipinski definition) is 1. The molecule has 5 nitrogen and oxygen atoms in total. The molecule has 8 heteroatoms. The second kappa shape index (κ2) is 7.24. The van der Waals surface area contributed by atoms with Crippen molar-refractivity contribution in [3.8, 4) is 0 Å². The highest BCUT2D eigenvalue weighted by atomic mass is 19.4. The van der Waals surface area contributed by atoms with Gasteiger partial charge in [0.2, 0.25) is 11.8 Å². The summed E-state index contributed by atoms with van der Waals surface area (Å²) in [6, 6.07) is 5.36. The van der Waals surface area contributed by atoms with Crippen molar-refractivity contribution < 1.29 is 27.7 Å². The number of carbonyl (C=O) groups is 2. The minimum absolute atomic E-state index is 0.0767. The van der Waals surface area contributed by atoms with Gasteiger partial charge < -0.3 is 9.80 Å². The lowest BCUT2D eigenvalue weighted by atomic mass is 9.85. The molecule has 0 saturated carbocycles. The van der Waals surface area contributed by atoms with E-state index in [9.17, 15) is 22.8 Å². The van der Waals surface area contributed by atoms with Gasteiger partial charge in [0.25, 0.3) is 0 Å². The third-order valence-corrected chi connectivity index (χ3v) is 5.99. The predicted octanol–water partition coefficient (Wildman–Crippen LogP) is 1.32. The summed E-state index contributed by atoms with van der Waals surface area (Å²) in [5, 5.41) is 0. The van der Waals surface area contributed by atoms with Gasteiger partial charge in [0, 0.05) is 5.69 Å². The molecule has 0 aromatic heterocycles. The fraction of sp³-hybridized carbons (Fsp3) is 0.500. The van der Waals surface area contributed by atoms with Crippen molar-refractivity contribution in [1.29, 1.82) is 0 Å². The fourth-order valence-corrected chi connectivity index (χ4v) is 4.37. The van der Waals surface area contributed by atoms with Gasteiger partial charge in [-0.25, -0.2) is 4.90 Å². The number of rotatable bonds is 3. The average molecular weight is 394 g/mol. The normalized spacial score (nSPS) is 26.1. The lowest BCUT2D eigenvalue weighted by Gasteiger charge is -2.35. The number of anilines is 1. The van der Waals surface area contributed by atoms with Gasteiger partial charge in [0.1, 0.15) is 0 Å². The van der Waals surface area contributed by atoms with Gasteiger partial charge in [-0.15, -0.1) is 0 Å². The minimum atomic E-state index is -4.36. The lowest BCUT2D eigenvalue weighted by Crippen LogP contribution is -3.16. The molecule has 28 heavy (non-hydrogen) atoms. The van der Waals surface area contributed by atoms with E-state index < -0.39 is 11.7 Å². The summed E-state index contributed by atoms with van der Waals surface area (Å²) in [6.07, 6.45) is 0.840. The highest BCUT2D eigenvalue weighted by molar-refractivity contribution is 6.05. The van der Waals surface area contributed by atoms with Crippen LogP contribution in [0.15, 0.2) is 36.4 Å². The summed E-state index contributed by atoms with van der Waals surface area (Å²) >= 11 is 0. The number of allylic oxidation sites excluding steroid dienone is 2. The largest absolute Gasteiger partial charge is 0.416 e. The van der Waals surface area contributed by atoms with E-state index in [0.29, 0.717) is 51.4 Å². The molecule has 4 rings (SSSR count). The zero-order chi connectivity index (χ0) is 19.9. The summed E-state index contributed by atoms with van der Waals surface area (Å²) in [7, 11) is 0. The van der Waals surface area contributed by atoms with Gasteiger partial charge in [-0.1, -0.05) is 18.2 Å². The monoisotopic (exact) mass is 394 g/mol. The Morgan fingerprint density at radius 2 is 1.61 bits per heavy atom. The molecule has 0 spiro atoms. The molecule has 3 aliphatic rings. The quantitative estimate of drug-likeness (QED) is 0.621. The number of carbonyl (C=O) groups excluding carboxylic acids is 2. The third kappa shape index (κ3) is 3.53. The molecule has 2 atom stereocenters. The van der Waals surface area contributed by atoms with E-state index in [4.69, 9.17) is 0 Å². The number of likely N-dealkylation sites (tertiary alicyclic amines) is 1. The van der Waals surface area contributed by atoms with Crippen LogP contribution in [-0.4, -0.2) is 49.6 Å². The van der Waals surface area contributed by atoms with Crippen molar-refractivity contribution in [3.05, 3.63) is 42.0 Å². The van der Waals surface area contributed by atoms with E-state index in [1.165, 1.54) is 17.0 Å². The number of quaternary nitrogens is 1. The maximum Gasteiger partial charge on any atom is 0.416 e. The van der Waals surface area contributed by atoms with Gasteiger partial charge in [0.15, 0.2) is 6.67 Å². The Labute approximate surface area is 161 Å². The van der Waals surface area contributed by atoms with Crippen LogP contribution in [0.25, 0.3) is 0 Å². The van der Waals surface area contributed by atoms with Crippen molar-refractivity contribution in [3.63, 3.8) is 0 Å². The van der Waals surface area contributed by atoms with Gasteiger partial charge in [-0.2, -0.15) is 13.2 Å². The maximum atomic E-state index is 12.9. The number of nitrogens with zero attached hydrogens (tertiary/aromatic N) is 2. The summed E-state index contributed by atoms with van der Waals surface area (Å²) in [5.41, 5.74) is -0.0939. The highest BCUT2D eigenvalue weighted by Crippen LogP contribution is 2.34. The van der Waals surface area contributed by atoms with Crippen LogP contribution < -0.4 is 9.80 Å². The van der Waals surface area contributed by atoms with Crippen molar-refractivity contribution in [2.24, 2.45) is 11.8 Å². The van der Waals surface area contributed by atoms with Crippen LogP contribution >= 0.6 is 0 Å². The van der Waals surface area contributed by atoms with Crippen molar-refractivity contribution >= 4 is 17.5 Å². The average Bonchev–Trinajstić information content (AvgIpc) is 2.93. The zero-order valence-electron chi connectivity index (χ0n) is 15.4. The Morgan fingerprint density at radius 3 is 2.18 bits per heavy atom. The molecule has 1 aliphatic carbocycles. The Bertz CT molecular complexity index is 774. The van der Waals surface area contributed by atoms with Gasteiger partial charge in [0.05, 0.1) is 43.6 Å². The first-order valence-corrected chi connectivity index (χ1v) is 9.60. The third-order valence-electron chi connectivity index (χ3n) is 5.99. The molecule has 1 aromatic carbocycles. The molecule has 0 radical (unpaired) electrons. The number of nitrogens with one attached hydrogen (secondary N) is 1. The Balaban J connectivity index is 1.36. The van der Waals surface area contributed by atoms with E-state index >= 15 is 0 Å². The van der Waals surface area contributed by atoms with Crippen molar-refractivity contribution in [1.82, 2.24) is 4.90 Å².